The van der Waals surface area contributed by atoms with Crippen LogP contribution < -0.4 is 4.90 Å². The van der Waals surface area contributed by atoms with Crippen molar-refractivity contribution < 1.29 is 14.0 Å². The second-order valence-electron chi connectivity index (χ2n) is 4.77. The first kappa shape index (κ1) is 12.6. The van der Waals surface area contributed by atoms with Crippen molar-refractivity contribution in [3.63, 3.8) is 0 Å². The molecule has 2 heterocycles. The SMILES string of the molecule is O=C1C2CCCN2C(=O)CN1c1ccc(F)c(Br)c1. The van der Waals surface area contributed by atoms with Crippen molar-refractivity contribution in [1.82, 2.24) is 4.90 Å². The van der Waals surface area contributed by atoms with Crippen molar-refractivity contribution in [1.29, 1.82) is 0 Å². The van der Waals surface area contributed by atoms with Crippen LogP contribution in [0.1, 0.15) is 12.8 Å². The van der Waals surface area contributed by atoms with Crippen LogP contribution in [0.3, 0.4) is 0 Å². The maximum Gasteiger partial charge on any atom is 0.250 e. The molecule has 1 aromatic rings. The monoisotopic (exact) mass is 326 g/mol. The van der Waals surface area contributed by atoms with Crippen LogP contribution in [0.4, 0.5) is 10.1 Å². The molecule has 1 unspecified atom stereocenters. The van der Waals surface area contributed by atoms with E-state index in [4.69, 9.17) is 0 Å². The summed E-state index contributed by atoms with van der Waals surface area (Å²) >= 11 is 3.10. The summed E-state index contributed by atoms with van der Waals surface area (Å²) in [5, 5.41) is 0. The maximum absolute atomic E-state index is 13.2. The van der Waals surface area contributed by atoms with Crippen molar-refractivity contribution in [3.05, 3.63) is 28.5 Å². The highest BCUT2D eigenvalue weighted by Gasteiger charge is 2.42. The normalized spacial score (nSPS) is 22.9. The Labute approximate surface area is 118 Å². The number of nitrogens with zero attached hydrogens (tertiary/aromatic N) is 2. The molecule has 2 amide bonds. The zero-order valence-electron chi connectivity index (χ0n) is 10.1. The van der Waals surface area contributed by atoms with Crippen LogP contribution >= 0.6 is 15.9 Å². The van der Waals surface area contributed by atoms with Gasteiger partial charge in [0.1, 0.15) is 18.4 Å². The topological polar surface area (TPSA) is 40.6 Å². The fraction of sp³-hybridized carbons (Fsp3) is 0.385. The van der Waals surface area contributed by atoms with Crippen LogP contribution in [-0.2, 0) is 9.59 Å². The molecular weight excluding hydrogens is 315 g/mol. The smallest absolute Gasteiger partial charge is 0.250 e. The summed E-state index contributed by atoms with van der Waals surface area (Å²) < 4.78 is 13.5. The van der Waals surface area contributed by atoms with E-state index in [9.17, 15) is 14.0 Å². The average molecular weight is 327 g/mol. The minimum absolute atomic E-state index is 0.0351. The number of halogens is 2. The van der Waals surface area contributed by atoms with Gasteiger partial charge < -0.3 is 9.80 Å². The standard InChI is InChI=1S/C13H12BrFN2O2/c14-9-6-8(3-4-10(9)15)17-7-12(18)16-5-1-2-11(16)13(17)19/h3-4,6,11H,1-2,5,7H2. The first-order valence-corrected chi connectivity index (χ1v) is 6.93. The van der Waals surface area contributed by atoms with Gasteiger partial charge in [-0.3, -0.25) is 9.59 Å². The van der Waals surface area contributed by atoms with Crippen molar-refractivity contribution >= 4 is 33.4 Å². The van der Waals surface area contributed by atoms with E-state index >= 15 is 0 Å². The van der Waals surface area contributed by atoms with Gasteiger partial charge in [-0.25, -0.2) is 4.39 Å². The molecule has 100 valence electrons. The number of anilines is 1. The highest BCUT2D eigenvalue weighted by molar-refractivity contribution is 9.10. The van der Waals surface area contributed by atoms with Gasteiger partial charge >= 0.3 is 0 Å². The zero-order chi connectivity index (χ0) is 13.6. The van der Waals surface area contributed by atoms with Crippen LogP contribution in [0, 0.1) is 5.82 Å². The molecule has 1 aromatic carbocycles. The van der Waals surface area contributed by atoms with Gasteiger partial charge in [0.2, 0.25) is 11.8 Å². The third kappa shape index (κ3) is 2.04. The Bertz CT molecular complexity index is 564. The summed E-state index contributed by atoms with van der Waals surface area (Å²) in [5.41, 5.74) is 0.554. The molecule has 6 heteroatoms. The summed E-state index contributed by atoms with van der Waals surface area (Å²) in [4.78, 5) is 27.5. The van der Waals surface area contributed by atoms with Gasteiger partial charge in [0, 0.05) is 12.2 Å². The third-order valence-corrected chi connectivity index (χ3v) is 4.24. The van der Waals surface area contributed by atoms with Crippen molar-refractivity contribution in [2.45, 2.75) is 18.9 Å². The van der Waals surface area contributed by atoms with Crippen molar-refractivity contribution in [3.8, 4) is 0 Å². The van der Waals surface area contributed by atoms with Crippen LogP contribution in [0.5, 0.6) is 0 Å². The lowest BCUT2D eigenvalue weighted by Crippen LogP contribution is -2.57. The molecule has 0 aliphatic carbocycles. The fourth-order valence-electron chi connectivity index (χ4n) is 2.68. The van der Waals surface area contributed by atoms with Crippen LogP contribution in [0.15, 0.2) is 22.7 Å². The number of rotatable bonds is 1. The van der Waals surface area contributed by atoms with Gasteiger partial charge in [0.05, 0.1) is 4.47 Å². The van der Waals surface area contributed by atoms with E-state index in [0.29, 0.717) is 23.1 Å². The predicted octanol–water partition coefficient (Wildman–Crippen LogP) is 1.93. The van der Waals surface area contributed by atoms with Gasteiger partial charge in [-0.2, -0.15) is 0 Å². The molecule has 19 heavy (non-hydrogen) atoms. The van der Waals surface area contributed by atoms with E-state index < -0.39 is 0 Å². The second kappa shape index (κ2) is 4.59. The Hall–Kier alpha value is -1.43. The van der Waals surface area contributed by atoms with Crippen molar-refractivity contribution in [2.24, 2.45) is 0 Å². The molecule has 0 bridgehead atoms. The minimum atomic E-state index is -0.387. The lowest BCUT2D eigenvalue weighted by Gasteiger charge is -2.36. The molecule has 0 N–H and O–H groups in total. The molecule has 2 aliphatic heterocycles. The summed E-state index contributed by atoms with van der Waals surface area (Å²) in [6.45, 7) is 0.698. The molecule has 0 radical (unpaired) electrons. The summed E-state index contributed by atoms with van der Waals surface area (Å²) in [6, 6.07) is 4.00. The van der Waals surface area contributed by atoms with Gasteiger partial charge in [0.25, 0.3) is 0 Å². The van der Waals surface area contributed by atoms with Crippen LogP contribution in [0.25, 0.3) is 0 Å². The molecule has 0 aromatic heterocycles. The Balaban J connectivity index is 1.94. The molecule has 2 saturated heterocycles. The van der Waals surface area contributed by atoms with E-state index in [0.717, 1.165) is 6.42 Å². The Morgan fingerprint density at radius 3 is 2.84 bits per heavy atom. The van der Waals surface area contributed by atoms with E-state index in [2.05, 4.69) is 15.9 Å². The molecule has 0 spiro atoms. The lowest BCUT2D eigenvalue weighted by atomic mass is 10.1. The van der Waals surface area contributed by atoms with Crippen LogP contribution in [-0.4, -0.2) is 35.8 Å². The minimum Gasteiger partial charge on any atom is -0.329 e. The molecule has 4 nitrogen and oxygen atoms in total. The maximum atomic E-state index is 13.2. The Kier molecular flexibility index (Phi) is 3.05. The van der Waals surface area contributed by atoms with Crippen LogP contribution in [0.2, 0.25) is 0 Å². The third-order valence-electron chi connectivity index (χ3n) is 3.63. The van der Waals surface area contributed by atoms with Crippen molar-refractivity contribution in [2.75, 3.05) is 18.0 Å². The number of amides is 2. The Morgan fingerprint density at radius 1 is 1.32 bits per heavy atom. The molecular formula is C13H12BrFN2O2. The molecule has 2 aliphatic rings. The van der Waals surface area contributed by atoms with Gasteiger partial charge in [0.15, 0.2) is 0 Å². The Morgan fingerprint density at radius 2 is 2.11 bits per heavy atom. The van der Waals surface area contributed by atoms with E-state index in [1.54, 1.807) is 4.90 Å². The van der Waals surface area contributed by atoms with Gasteiger partial charge in [-0.1, -0.05) is 0 Å². The highest BCUT2D eigenvalue weighted by atomic mass is 79.9. The molecule has 2 fully saturated rings. The van der Waals surface area contributed by atoms with E-state index in [1.165, 1.54) is 23.1 Å². The number of hydrogen-bond acceptors (Lipinski definition) is 2. The zero-order valence-corrected chi connectivity index (χ0v) is 11.7. The van der Waals surface area contributed by atoms with E-state index in [1.807, 2.05) is 0 Å². The summed E-state index contributed by atoms with van der Waals surface area (Å²) in [7, 11) is 0. The molecule has 1 atom stereocenters. The number of hydrogen-bond donors (Lipinski definition) is 0. The number of carbonyl (C=O) groups excluding carboxylic acids is 2. The molecule has 0 saturated carbocycles. The number of benzene rings is 1. The summed E-state index contributed by atoms with van der Waals surface area (Å²) in [6.07, 6.45) is 1.58. The van der Waals surface area contributed by atoms with E-state index in [-0.39, 0.29) is 30.2 Å². The van der Waals surface area contributed by atoms with Gasteiger partial charge in [-0.15, -0.1) is 0 Å². The number of carbonyl (C=O) groups is 2. The second-order valence-corrected chi connectivity index (χ2v) is 5.62. The average Bonchev–Trinajstić information content (AvgIpc) is 2.87. The van der Waals surface area contributed by atoms with Gasteiger partial charge in [-0.05, 0) is 47.0 Å². The first-order chi connectivity index (χ1) is 9.08. The predicted molar refractivity (Wildman–Crippen MR) is 71.2 cm³/mol. The number of piperazine rings is 1. The summed E-state index contributed by atoms with van der Waals surface area (Å²) in [5.74, 6) is -0.500. The highest BCUT2D eigenvalue weighted by Crippen LogP contribution is 2.29. The number of fused-ring (bicyclic) bond motifs is 1. The largest absolute Gasteiger partial charge is 0.329 e. The lowest BCUT2D eigenvalue weighted by molar-refractivity contribution is -0.140. The quantitative estimate of drug-likeness (QED) is 0.791. The fourth-order valence-corrected chi connectivity index (χ4v) is 3.04. The molecule has 3 rings (SSSR count). The first-order valence-electron chi connectivity index (χ1n) is 6.14.